The third-order valence-corrected chi connectivity index (χ3v) is 6.51. The quantitative estimate of drug-likeness (QED) is 0.456. The molecule has 1 aliphatic rings. The second-order valence-electron chi connectivity index (χ2n) is 8.31. The van der Waals surface area contributed by atoms with Crippen LogP contribution in [-0.2, 0) is 22.7 Å². The van der Waals surface area contributed by atoms with Crippen LogP contribution in [0.15, 0.2) is 60.0 Å². The van der Waals surface area contributed by atoms with Crippen molar-refractivity contribution < 1.29 is 19.1 Å². The minimum atomic E-state index is -0.851. The van der Waals surface area contributed by atoms with Crippen molar-refractivity contribution in [2.75, 3.05) is 26.2 Å². The lowest BCUT2D eigenvalue weighted by atomic mass is 10.2. The predicted octanol–water partition coefficient (Wildman–Crippen LogP) is 3.92. The molecule has 1 aliphatic heterocycles. The number of aromatic nitrogens is 1. The number of thiazole rings is 1. The van der Waals surface area contributed by atoms with Crippen molar-refractivity contribution in [3.8, 4) is 5.75 Å². The number of piperazine rings is 1. The summed E-state index contributed by atoms with van der Waals surface area (Å²) in [7, 11) is 0. The average Bonchev–Trinajstić information content (AvgIpc) is 3.28. The third-order valence-electron chi connectivity index (χ3n) is 5.69. The van der Waals surface area contributed by atoms with Gasteiger partial charge in [-0.1, -0.05) is 36.4 Å². The number of benzene rings is 2. The third kappa shape index (κ3) is 6.42. The van der Waals surface area contributed by atoms with Crippen LogP contribution in [0.3, 0.4) is 0 Å². The number of carbonyl (C=O) groups excluding carboxylic acids is 2. The maximum Gasteiger partial charge on any atom is 0.339 e. The molecule has 1 aromatic heterocycles. The maximum absolute atomic E-state index is 12.9. The normalized spacial score (nSPS) is 15.1. The van der Waals surface area contributed by atoms with Crippen LogP contribution in [0.1, 0.15) is 33.5 Å². The standard InChI is InChI=1S/C26H29N3O4S/c1-19(25(30)29-13-11-28(12-14-29)16-21-7-4-3-5-8-21)33-26(31)22-9-6-10-24(15-22)32-17-23-18-34-20(2)27-23/h3-10,15,18-19H,11-14,16-17H2,1-2H3. The Morgan fingerprint density at radius 3 is 2.53 bits per heavy atom. The molecule has 0 radical (unpaired) electrons. The highest BCUT2D eigenvalue weighted by atomic mass is 32.1. The molecule has 0 saturated carbocycles. The summed E-state index contributed by atoms with van der Waals surface area (Å²) >= 11 is 1.57. The molecule has 1 saturated heterocycles. The molecule has 1 fully saturated rings. The minimum Gasteiger partial charge on any atom is -0.487 e. The van der Waals surface area contributed by atoms with E-state index in [4.69, 9.17) is 9.47 Å². The van der Waals surface area contributed by atoms with Gasteiger partial charge >= 0.3 is 5.97 Å². The molecule has 1 atom stereocenters. The summed E-state index contributed by atoms with van der Waals surface area (Å²) < 4.78 is 11.2. The molecule has 0 N–H and O–H groups in total. The van der Waals surface area contributed by atoms with E-state index in [0.717, 1.165) is 30.3 Å². The molecule has 178 valence electrons. The van der Waals surface area contributed by atoms with E-state index in [1.807, 2.05) is 30.5 Å². The zero-order valence-electron chi connectivity index (χ0n) is 19.5. The summed E-state index contributed by atoms with van der Waals surface area (Å²) in [6.07, 6.45) is -0.851. The average molecular weight is 480 g/mol. The van der Waals surface area contributed by atoms with Crippen molar-refractivity contribution in [1.82, 2.24) is 14.8 Å². The molecule has 7 nitrogen and oxygen atoms in total. The van der Waals surface area contributed by atoms with Gasteiger partial charge in [0.25, 0.3) is 5.91 Å². The van der Waals surface area contributed by atoms with E-state index in [9.17, 15) is 9.59 Å². The first-order valence-corrected chi connectivity index (χ1v) is 12.3. The molecule has 2 heterocycles. The molecule has 2 aromatic carbocycles. The van der Waals surface area contributed by atoms with Crippen LogP contribution in [0, 0.1) is 6.92 Å². The van der Waals surface area contributed by atoms with Gasteiger partial charge in [0.2, 0.25) is 0 Å². The lowest BCUT2D eigenvalue weighted by molar-refractivity contribution is -0.141. The fourth-order valence-corrected chi connectivity index (χ4v) is 4.45. The van der Waals surface area contributed by atoms with Crippen molar-refractivity contribution in [3.63, 3.8) is 0 Å². The molecule has 34 heavy (non-hydrogen) atoms. The van der Waals surface area contributed by atoms with Gasteiger partial charge in [0.15, 0.2) is 6.10 Å². The van der Waals surface area contributed by atoms with Crippen LogP contribution in [0.2, 0.25) is 0 Å². The SMILES string of the molecule is Cc1nc(COc2cccc(C(=O)OC(C)C(=O)N3CCN(Cc4ccccc4)CC3)c2)cs1. The Labute approximate surface area is 203 Å². The Balaban J connectivity index is 1.25. The van der Waals surface area contributed by atoms with Gasteiger partial charge in [0, 0.05) is 38.1 Å². The van der Waals surface area contributed by atoms with Crippen LogP contribution in [-0.4, -0.2) is 58.9 Å². The van der Waals surface area contributed by atoms with Crippen LogP contribution >= 0.6 is 11.3 Å². The highest BCUT2D eigenvalue weighted by molar-refractivity contribution is 7.09. The number of carbonyl (C=O) groups is 2. The lowest BCUT2D eigenvalue weighted by Crippen LogP contribution is -2.51. The Hall–Kier alpha value is -3.23. The molecular formula is C26H29N3O4S. The maximum atomic E-state index is 12.9. The van der Waals surface area contributed by atoms with Gasteiger partial charge in [-0.15, -0.1) is 11.3 Å². The van der Waals surface area contributed by atoms with Crippen LogP contribution < -0.4 is 4.74 Å². The number of ether oxygens (including phenoxy) is 2. The fraction of sp³-hybridized carbons (Fsp3) is 0.346. The van der Waals surface area contributed by atoms with Gasteiger partial charge in [-0.25, -0.2) is 9.78 Å². The van der Waals surface area contributed by atoms with E-state index in [-0.39, 0.29) is 5.91 Å². The number of rotatable bonds is 8. The van der Waals surface area contributed by atoms with Crippen LogP contribution in [0.5, 0.6) is 5.75 Å². The summed E-state index contributed by atoms with van der Waals surface area (Å²) in [6, 6.07) is 17.1. The number of aryl methyl sites for hydroxylation is 1. The summed E-state index contributed by atoms with van der Waals surface area (Å²) in [4.78, 5) is 34.0. The molecule has 0 bridgehead atoms. The lowest BCUT2D eigenvalue weighted by Gasteiger charge is -2.35. The summed E-state index contributed by atoms with van der Waals surface area (Å²) in [5, 5.41) is 2.93. The predicted molar refractivity (Wildman–Crippen MR) is 131 cm³/mol. The van der Waals surface area contributed by atoms with Gasteiger partial charge in [0.05, 0.1) is 16.3 Å². The number of hydrogen-bond acceptors (Lipinski definition) is 7. The molecule has 8 heteroatoms. The van der Waals surface area contributed by atoms with E-state index in [1.54, 1.807) is 47.4 Å². The summed E-state index contributed by atoms with van der Waals surface area (Å²) in [5.74, 6) is -0.161. The molecular weight excluding hydrogens is 450 g/mol. The Bertz CT molecular complexity index is 1110. The zero-order valence-corrected chi connectivity index (χ0v) is 20.3. The zero-order chi connectivity index (χ0) is 23.9. The Morgan fingerprint density at radius 1 is 1.06 bits per heavy atom. The van der Waals surface area contributed by atoms with Gasteiger partial charge in [-0.2, -0.15) is 0 Å². The topological polar surface area (TPSA) is 72.0 Å². The number of amides is 1. The van der Waals surface area contributed by atoms with Gasteiger partial charge < -0.3 is 14.4 Å². The van der Waals surface area contributed by atoms with E-state index in [2.05, 4.69) is 22.0 Å². The Morgan fingerprint density at radius 2 is 1.82 bits per heavy atom. The fourth-order valence-electron chi connectivity index (χ4n) is 3.85. The first-order valence-electron chi connectivity index (χ1n) is 11.4. The van der Waals surface area contributed by atoms with E-state index in [0.29, 0.717) is 31.0 Å². The molecule has 0 spiro atoms. The highest BCUT2D eigenvalue weighted by Crippen LogP contribution is 2.18. The number of nitrogens with zero attached hydrogens (tertiary/aromatic N) is 3. The van der Waals surface area contributed by atoms with E-state index >= 15 is 0 Å². The number of hydrogen-bond donors (Lipinski definition) is 0. The first kappa shape index (κ1) is 23.9. The van der Waals surface area contributed by atoms with Crippen LogP contribution in [0.4, 0.5) is 0 Å². The molecule has 3 aromatic rings. The largest absolute Gasteiger partial charge is 0.487 e. The molecule has 1 unspecified atom stereocenters. The van der Waals surface area contributed by atoms with Gasteiger partial charge in [0.1, 0.15) is 12.4 Å². The molecule has 1 amide bonds. The van der Waals surface area contributed by atoms with Crippen molar-refractivity contribution in [1.29, 1.82) is 0 Å². The highest BCUT2D eigenvalue weighted by Gasteiger charge is 2.27. The van der Waals surface area contributed by atoms with Gasteiger partial charge in [-0.3, -0.25) is 9.69 Å². The van der Waals surface area contributed by atoms with E-state index in [1.165, 1.54) is 5.56 Å². The molecule has 4 rings (SSSR count). The number of esters is 1. The minimum absolute atomic E-state index is 0.168. The van der Waals surface area contributed by atoms with Gasteiger partial charge in [-0.05, 0) is 37.6 Å². The smallest absolute Gasteiger partial charge is 0.339 e. The van der Waals surface area contributed by atoms with Crippen molar-refractivity contribution in [2.24, 2.45) is 0 Å². The Kier molecular flexibility index (Phi) is 7.92. The van der Waals surface area contributed by atoms with Crippen molar-refractivity contribution in [2.45, 2.75) is 33.1 Å². The van der Waals surface area contributed by atoms with Crippen molar-refractivity contribution in [3.05, 3.63) is 81.8 Å². The summed E-state index contributed by atoms with van der Waals surface area (Å²) in [6.45, 7) is 7.58. The van der Waals surface area contributed by atoms with E-state index < -0.39 is 12.1 Å². The summed E-state index contributed by atoms with van der Waals surface area (Å²) in [5.41, 5.74) is 2.45. The van der Waals surface area contributed by atoms with Crippen LogP contribution in [0.25, 0.3) is 0 Å². The monoisotopic (exact) mass is 479 g/mol. The second kappa shape index (κ2) is 11.3. The second-order valence-corrected chi connectivity index (χ2v) is 9.37. The van der Waals surface area contributed by atoms with Crippen molar-refractivity contribution >= 4 is 23.2 Å². The molecule has 0 aliphatic carbocycles. The first-order chi connectivity index (χ1) is 16.5.